The molecule has 0 spiro atoms. The van der Waals surface area contributed by atoms with Crippen LogP contribution in [0.25, 0.3) is 6.08 Å². The number of hydrogen-bond donors (Lipinski definition) is 4. The number of allylic oxidation sites excluding steroid dienone is 2. The summed E-state index contributed by atoms with van der Waals surface area (Å²) in [7, 11) is 0. The van der Waals surface area contributed by atoms with Gasteiger partial charge in [-0.3, -0.25) is 14.8 Å². The molecule has 0 aliphatic heterocycles. The maximum atomic E-state index is 11.9. The van der Waals surface area contributed by atoms with Gasteiger partial charge in [-0.1, -0.05) is 42.5 Å². The molecule has 1 aromatic heterocycles. The summed E-state index contributed by atoms with van der Waals surface area (Å²) in [6.45, 7) is 5.25. The quantitative estimate of drug-likeness (QED) is 0.474. The molecule has 10 heteroatoms. The van der Waals surface area contributed by atoms with Gasteiger partial charge in [-0.05, 0) is 30.2 Å². The number of hydrogen-bond acceptors (Lipinski definition) is 6. The van der Waals surface area contributed by atoms with Crippen molar-refractivity contribution in [2.45, 2.75) is 25.3 Å². The van der Waals surface area contributed by atoms with Crippen LogP contribution in [-0.2, 0) is 20.8 Å². The number of halogens is 1. The van der Waals surface area contributed by atoms with Gasteiger partial charge in [-0.15, -0.1) is 0 Å². The Kier molecular flexibility index (Phi) is 8.47. The van der Waals surface area contributed by atoms with Gasteiger partial charge in [-0.25, -0.2) is 9.59 Å². The number of nitrogens with zero attached hydrogens (tertiary/aromatic N) is 2. The van der Waals surface area contributed by atoms with E-state index in [-0.39, 0.29) is 23.4 Å². The maximum absolute atomic E-state index is 11.9. The van der Waals surface area contributed by atoms with Crippen molar-refractivity contribution in [3.05, 3.63) is 82.9 Å². The molecule has 1 aromatic carbocycles. The fourth-order valence-electron chi connectivity index (χ4n) is 3.04. The van der Waals surface area contributed by atoms with E-state index in [9.17, 15) is 24.6 Å². The van der Waals surface area contributed by atoms with Gasteiger partial charge in [0.2, 0.25) is 0 Å². The summed E-state index contributed by atoms with van der Waals surface area (Å²) < 4.78 is 0. The molecule has 9 nitrogen and oxygen atoms in total. The molecular weight excluding hydrogens is 450 g/mol. The highest BCUT2D eigenvalue weighted by atomic mass is 35.5. The molecule has 1 aliphatic carbocycles. The van der Waals surface area contributed by atoms with Crippen LogP contribution in [0.5, 0.6) is 0 Å². The smallest absolute Gasteiger partial charge is 0.333 e. The van der Waals surface area contributed by atoms with Gasteiger partial charge < -0.3 is 20.6 Å². The number of benzene rings is 1. The number of aromatic nitrogens is 2. The van der Waals surface area contributed by atoms with E-state index in [1.165, 1.54) is 24.7 Å². The highest BCUT2D eigenvalue weighted by Gasteiger charge is 2.42. The first-order valence-corrected chi connectivity index (χ1v) is 9.99. The maximum Gasteiger partial charge on any atom is 0.333 e. The Hall–Kier alpha value is -3.98. The van der Waals surface area contributed by atoms with E-state index in [2.05, 4.69) is 21.9 Å². The van der Waals surface area contributed by atoms with Crippen molar-refractivity contribution < 1.29 is 29.7 Å². The number of para-hydroxylation sites is 1. The molecule has 1 heterocycles. The highest BCUT2D eigenvalue weighted by molar-refractivity contribution is 6.33. The van der Waals surface area contributed by atoms with Crippen molar-refractivity contribution in [1.82, 2.24) is 9.97 Å². The van der Waals surface area contributed by atoms with Crippen LogP contribution < -0.4 is 5.32 Å². The van der Waals surface area contributed by atoms with Gasteiger partial charge in [-0.2, -0.15) is 0 Å². The van der Waals surface area contributed by atoms with Crippen molar-refractivity contribution >= 4 is 41.3 Å². The fourth-order valence-corrected chi connectivity index (χ4v) is 3.34. The van der Waals surface area contributed by atoms with E-state index in [0.29, 0.717) is 22.5 Å². The first kappa shape index (κ1) is 25.3. The summed E-state index contributed by atoms with van der Waals surface area (Å²) in [5.74, 6) is -3.28. The summed E-state index contributed by atoms with van der Waals surface area (Å²) in [4.78, 5) is 40.9. The molecule has 0 fully saturated rings. The number of carbonyl (C=O) groups is 3. The van der Waals surface area contributed by atoms with Gasteiger partial charge in [0.15, 0.2) is 5.54 Å². The molecule has 1 aliphatic rings. The van der Waals surface area contributed by atoms with Crippen LogP contribution in [-0.4, -0.2) is 48.7 Å². The van der Waals surface area contributed by atoms with Crippen molar-refractivity contribution in [3.8, 4) is 0 Å². The van der Waals surface area contributed by atoms with Crippen LogP contribution in [0.1, 0.15) is 24.6 Å². The summed E-state index contributed by atoms with van der Waals surface area (Å²) in [6, 6.07) is 7.03. The van der Waals surface area contributed by atoms with Gasteiger partial charge in [0.1, 0.15) is 0 Å². The van der Waals surface area contributed by atoms with Crippen LogP contribution in [0.2, 0.25) is 0 Å². The lowest BCUT2D eigenvalue weighted by atomic mass is 9.83. The topological polar surface area (TPSA) is 150 Å². The van der Waals surface area contributed by atoms with E-state index in [1.807, 2.05) is 0 Å². The van der Waals surface area contributed by atoms with Gasteiger partial charge in [0, 0.05) is 41.3 Å². The molecule has 3 rings (SSSR count). The van der Waals surface area contributed by atoms with Crippen molar-refractivity contribution in [2.24, 2.45) is 0 Å². The number of nitrogens with one attached hydrogen (secondary N) is 1. The lowest BCUT2D eigenvalue weighted by molar-refractivity contribution is -0.141. The zero-order valence-electron chi connectivity index (χ0n) is 17.7. The van der Waals surface area contributed by atoms with Crippen molar-refractivity contribution in [3.63, 3.8) is 0 Å². The Balaban J connectivity index is 0.000000321. The average molecular weight is 472 g/mol. The van der Waals surface area contributed by atoms with Gasteiger partial charge in [0.25, 0.3) is 0 Å². The van der Waals surface area contributed by atoms with Crippen LogP contribution in [0, 0.1) is 0 Å². The Morgan fingerprint density at radius 1 is 1.21 bits per heavy atom. The number of anilines is 1. The molecule has 33 heavy (non-hydrogen) atoms. The fraction of sp³-hybridized carbons (Fsp3) is 0.174. The monoisotopic (exact) mass is 471 g/mol. The van der Waals surface area contributed by atoms with Crippen LogP contribution >= 0.6 is 11.6 Å². The standard InChI is InChI=1S/C17H16ClNO4.C6H6N2O2/c1-3-11-6-4-5-7-14(11)19-17(16(22)23)8-12(15(20)21)10(2)13(18)9-17;9-6(10)3-5-4-7-1-2-8-5/h3-7,9,19H,1,8H2,2H3,(H,20,21)(H,22,23);1-2,4H,3H2,(H,9,10). The SMILES string of the molecule is C=Cc1ccccc1NC1(C(=O)O)C=C(Cl)C(C)=C(C(=O)O)C1.O=C(O)Cc1cnccn1. The zero-order valence-corrected chi connectivity index (χ0v) is 18.4. The third-order valence-electron chi connectivity index (χ3n) is 4.77. The van der Waals surface area contributed by atoms with E-state index in [1.54, 1.807) is 37.3 Å². The minimum absolute atomic E-state index is 0.0246. The molecule has 0 saturated carbocycles. The lowest BCUT2D eigenvalue weighted by Gasteiger charge is -2.33. The second kappa shape index (κ2) is 11.1. The molecule has 0 radical (unpaired) electrons. The third-order valence-corrected chi connectivity index (χ3v) is 5.16. The molecular formula is C23H22ClN3O6. The van der Waals surface area contributed by atoms with E-state index in [0.717, 1.165) is 0 Å². The van der Waals surface area contributed by atoms with E-state index in [4.69, 9.17) is 16.7 Å². The number of carboxylic acids is 3. The molecule has 1 unspecified atom stereocenters. The predicted molar refractivity (Wildman–Crippen MR) is 123 cm³/mol. The first-order chi connectivity index (χ1) is 15.6. The first-order valence-electron chi connectivity index (χ1n) is 9.61. The third kappa shape index (κ3) is 6.50. The molecule has 0 saturated heterocycles. The van der Waals surface area contributed by atoms with Crippen LogP contribution in [0.3, 0.4) is 0 Å². The molecule has 172 valence electrons. The zero-order chi connectivity index (χ0) is 24.6. The molecule has 0 bridgehead atoms. The Labute approximate surface area is 194 Å². The predicted octanol–water partition coefficient (Wildman–Crippen LogP) is 3.60. The molecule has 4 N–H and O–H groups in total. The van der Waals surface area contributed by atoms with Crippen LogP contribution in [0.15, 0.2) is 71.7 Å². The van der Waals surface area contributed by atoms with Gasteiger partial charge in [0.05, 0.1) is 12.1 Å². The second-order valence-corrected chi connectivity index (χ2v) is 7.45. The number of carboxylic acid groups (broad SMARTS) is 3. The normalized spacial score (nSPS) is 17.2. The number of rotatable bonds is 7. The van der Waals surface area contributed by atoms with E-state index < -0.39 is 23.4 Å². The lowest BCUT2D eigenvalue weighted by Crippen LogP contribution is -2.47. The Morgan fingerprint density at radius 3 is 2.45 bits per heavy atom. The average Bonchev–Trinajstić information content (AvgIpc) is 2.77. The minimum Gasteiger partial charge on any atom is -0.481 e. The van der Waals surface area contributed by atoms with E-state index >= 15 is 0 Å². The molecule has 1 atom stereocenters. The Morgan fingerprint density at radius 2 is 1.91 bits per heavy atom. The van der Waals surface area contributed by atoms with Gasteiger partial charge >= 0.3 is 17.9 Å². The second-order valence-electron chi connectivity index (χ2n) is 7.04. The van der Waals surface area contributed by atoms with Crippen LogP contribution in [0.4, 0.5) is 5.69 Å². The highest BCUT2D eigenvalue weighted by Crippen LogP contribution is 2.37. The summed E-state index contributed by atoms with van der Waals surface area (Å²) in [5, 5.41) is 30.4. The van der Waals surface area contributed by atoms with Crippen molar-refractivity contribution in [2.75, 3.05) is 5.32 Å². The number of aliphatic carboxylic acids is 3. The summed E-state index contributed by atoms with van der Waals surface area (Å²) in [5.41, 5.74) is 0.438. The molecule has 0 amide bonds. The molecule has 2 aromatic rings. The summed E-state index contributed by atoms with van der Waals surface area (Å²) >= 11 is 6.09. The van der Waals surface area contributed by atoms with Crippen molar-refractivity contribution in [1.29, 1.82) is 0 Å². The Bertz CT molecular complexity index is 1130. The summed E-state index contributed by atoms with van der Waals surface area (Å²) in [6.07, 6.45) is 7.07. The minimum atomic E-state index is -1.64. The largest absolute Gasteiger partial charge is 0.481 e.